The SMILES string of the molecule is C=C(CCC(=O)C=O)c1ccc(F)cc1F. The third-order valence-corrected chi connectivity index (χ3v) is 2.12. The van der Waals surface area contributed by atoms with Crippen molar-refractivity contribution in [1.29, 1.82) is 0 Å². The number of ketones is 1. The molecule has 1 rings (SSSR count). The van der Waals surface area contributed by atoms with Crippen molar-refractivity contribution < 1.29 is 18.4 Å². The number of carbonyl (C=O) groups is 2. The first-order chi connectivity index (χ1) is 7.54. The quantitative estimate of drug-likeness (QED) is 0.569. The zero-order valence-electron chi connectivity index (χ0n) is 8.50. The fourth-order valence-electron chi connectivity index (χ4n) is 1.24. The number of rotatable bonds is 5. The number of halogens is 2. The van der Waals surface area contributed by atoms with E-state index in [-0.39, 0.29) is 24.7 Å². The highest BCUT2D eigenvalue weighted by Gasteiger charge is 2.08. The van der Waals surface area contributed by atoms with Crippen molar-refractivity contribution in [2.75, 3.05) is 0 Å². The minimum Gasteiger partial charge on any atom is -0.295 e. The van der Waals surface area contributed by atoms with Crippen LogP contribution in [0.4, 0.5) is 8.78 Å². The fourth-order valence-corrected chi connectivity index (χ4v) is 1.24. The smallest absolute Gasteiger partial charge is 0.195 e. The summed E-state index contributed by atoms with van der Waals surface area (Å²) < 4.78 is 25.9. The monoisotopic (exact) mass is 224 g/mol. The Labute approximate surface area is 91.6 Å². The third kappa shape index (κ3) is 3.08. The van der Waals surface area contributed by atoms with Gasteiger partial charge in [-0.25, -0.2) is 8.78 Å². The summed E-state index contributed by atoms with van der Waals surface area (Å²) in [6.07, 6.45) is 0.383. The Hall–Kier alpha value is -1.84. The molecule has 0 atom stereocenters. The molecule has 0 amide bonds. The van der Waals surface area contributed by atoms with E-state index in [1.54, 1.807) is 0 Å². The van der Waals surface area contributed by atoms with Gasteiger partial charge in [0.1, 0.15) is 11.6 Å². The standard InChI is InChI=1S/C12H10F2O2/c1-8(2-4-10(16)7-15)11-5-3-9(13)6-12(11)14/h3,5-7H,1-2,4H2. The Morgan fingerprint density at radius 2 is 2.00 bits per heavy atom. The summed E-state index contributed by atoms with van der Waals surface area (Å²) in [5.41, 5.74) is 0.535. The second-order valence-electron chi connectivity index (χ2n) is 3.31. The van der Waals surface area contributed by atoms with Gasteiger partial charge >= 0.3 is 0 Å². The van der Waals surface area contributed by atoms with E-state index in [0.29, 0.717) is 5.57 Å². The van der Waals surface area contributed by atoms with Crippen molar-refractivity contribution in [3.05, 3.63) is 42.0 Å². The van der Waals surface area contributed by atoms with Crippen LogP contribution in [0.25, 0.3) is 5.57 Å². The molecule has 0 fully saturated rings. The van der Waals surface area contributed by atoms with E-state index < -0.39 is 17.4 Å². The molecule has 84 valence electrons. The van der Waals surface area contributed by atoms with Crippen LogP contribution in [0.5, 0.6) is 0 Å². The summed E-state index contributed by atoms with van der Waals surface area (Å²) in [5, 5.41) is 0. The molecular weight excluding hydrogens is 214 g/mol. The topological polar surface area (TPSA) is 34.1 Å². The molecule has 0 aliphatic rings. The Morgan fingerprint density at radius 1 is 1.31 bits per heavy atom. The van der Waals surface area contributed by atoms with E-state index in [4.69, 9.17) is 0 Å². The molecule has 16 heavy (non-hydrogen) atoms. The van der Waals surface area contributed by atoms with E-state index in [1.807, 2.05) is 0 Å². The summed E-state index contributed by atoms with van der Waals surface area (Å²) in [6.45, 7) is 3.59. The van der Waals surface area contributed by atoms with Crippen molar-refractivity contribution in [3.63, 3.8) is 0 Å². The molecule has 2 nitrogen and oxygen atoms in total. The summed E-state index contributed by atoms with van der Waals surface area (Å²) in [5.74, 6) is -1.95. The van der Waals surface area contributed by atoms with Crippen LogP contribution in [0, 0.1) is 11.6 Å². The Bertz CT molecular complexity index is 439. The van der Waals surface area contributed by atoms with Gasteiger partial charge in [0.05, 0.1) is 0 Å². The van der Waals surface area contributed by atoms with Gasteiger partial charge in [0.2, 0.25) is 0 Å². The van der Waals surface area contributed by atoms with Gasteiger partial charge in [0.15, 0.2) is 12.1 Å². The first kappa shape index (κ1) is 12.2. The van der Waals surface area contributed by atoms with Gasteiger partial charge in [-0.3, -0.25) is 9.59 Å². The molecule has 0 heterocycles. The van der Waals surface area contributed by atoms with Crippen LogP contribution in [-0.4, -0.2) is 12.1 Å². The van der Waals surface area contributed by atoms with Crippen LogP contribution in [0.1, 0.15) is 18.4 Å². The first-order valence-corrected chi connectivity index (χ1v) is 4.66. The third-order valence-electron chi connectivity index (χ3n) is 2.12. The largest absolute Gasteiger partial charge is 0.295 e. The molecule has 0 saturated carbocycles. The van der Waals surface area contributed by atoms with Crippen LogP contribution in [0.2, 0.25) is 0 Å². The predicted molar refractivity (Wildman–Crippen MR) is 55.7 cm³/mol. The molecule has 0 N–H and O–H groups in total. The lowest BCUT2D eigenvalue weighted by molar-refractivity contribution is -0.129. The summed E-state index contributed by atoms with van der Waals surface area (Å²) in [4.78, 5) is 20.8. The minimum atomic E-state index is -0.719. The van der Waals surface area contributed by atoms with Gasteiger partial charge in [-0.15, -0.1) is 0 Å². The summed E-state index contributed by atoms with van der Waals surface area (Å²) in [7, 11) is 0. The molecule has 4 heteroatoms. The molecule has 0 bridgehead atoms. The van der Waals surface area contributed by atoms with Crippen LogP contribution in [0.3, 0.4) is 0 Å². The van der Waals surface area contributed by atoms with Gasteiger partial charge in [-0.2, -0.15) is 0 Å². The number of hydrogen-bond acceptors (Lipinski definition) is 2. The lowest BCUT2D eigenvalue weighted by atomic mass is 10.0. The molecule has 1 aromatic carbocycles. The summed E-state index contributed by atoms with van der Waals surface area (Å²) in [6, 6.07) is 3.13. The van der Waals surface area contributed by atoms with Crippen molar-refractivity contribution in [3.8, 4) is 0 Å². The number of aldehydes is 1. The number of Topliss-reactive ketones (excluding diaryl/α,β-unsaturated/α-hetero) is 1. The molecule has 0 aliphatic carbocycles. The van der Waals surface area contributed by atoms with Crippen LogP contribution < -0.4 is 0 Å². The normalized spacial score (nSPS) is 9.88. The highest BCUT2D eigenvalue weighted by molar-refractivity contribution is 6.25. The van der Waals surface area contributed by atoms with E-state index in [1.165, 1.54) is 6.07 Å². The van der Waals surface area contributed by atoms with Gasteiger partial charge < -0.3 is 0 Å². The highest BCUT2D eigenvalue weighted by atomic mass is 19.1. The maximum atomic E-state index is 13.3. The minimum absolute atomic E-state index is 0.0147. The Kier molecular flexibility index (Phi) is 4.05. The Balaban J connectivity index is 2.73. The lowest BCUT2D eigenvalue weighted by Crippen LogP contribution is -1.99. The van der Waals surface area contributed by atoms with E-state index in [0.717, 1.165) is 12.1 Å². The molecular formula is C12H10F2O2. The maximum absolute atomic E-state index is 13.3. The van der Waals surface area contributed by atoms with E-state index in [2.05, 4.69) is 6.58 Å². The zero-order valence-corrected chi connectivity index (χ0v) is 8.50. The molecule has 0 saturated heterocycles. The molecule has 0 spiro atoms. The Morgan fingerprint density at radius 3 is 2.56 bits per heavy atom. The predicted octanol–water partition coefficient (Wildman–Crippen LogP) is 2.53. The first-order valence-electron chi connectivity index (χ1n) is 4.66. The molecule has 1 aromatic rings. The number of carbonyl (C=O) groups excluding carboxylic acids is 2. The van der Waals surface area contributed by atoms with E-state index >= 15 is 0 Å². The molecule has 0 radical (unpaired) electrons. The highest BCUT2D eigenvalue weighted by Crippen LogP contribution is 2.21. The van der Waals surface area contributed by atoms with Gasteiger partial charge in [-0.05, 0) is 24.1 Å². The average molecular weight is 224 g/mol. The second-order valence-corrected chi connectivity index (χ2v) is 3.31. The van der Waals surface area contributed by atoms with Crippen molar-refractivity contribution in [2.24, 2.45) is 0 Å². The molecule has 0 unspecified atom stereocenters. The second kappa shape index (κ2) is 5.30. The summed E-state index contributed by atoms with van der Waals surface area (Å²) >= 11 is 0. The maximum Gasteiger partial charge on any atom is 0.195 e. The van der Waals surface area contributed by atoms with Crippen LogP contribution >= 0.6 is 0 Å². The number of allylic oxidation sites excluding steroid dienone is 1. The van der Waals surface area contributed by atoms with Crippen molar-refractivity contribution >= 4 is 17.6 Å². The number of hydrogen-bond donors (Lipinski definition) is 0. The van der Waals surface area contributed by atoms with E-state index in [9.17, 15) is 18.4 Å². The van der Waals surface area contributed by atoms with Crippen molar-refractivity contribution in [1.82, 2.24) is 0 Å². The zero-order chi connectivity index (χ0) is 12.1. The van der Waals surface area contributed by atoms with Crippen molar-refractivity contribution in [2.45, 2.75) is 12.8 Å². The average Bonchev–Trinajstić information content (AvgIpc) is 2.25. The van der Waals surface area contributed by atoms with Crippen LogP contribution in [-0.2, 0) is 9.59 Å². The number of benzene rings is 1. The van der Waals surface area contributed by atoms with Gasteiger partial charge in [0.25, 0.3) is 0 Å². The lowest BCUT2D eigenvalue weighted by Gasteiger charge is -2.05. The fraction of sp³-hybridized carbons (Fsp3) is 0.167. The molecule has 0 aliphatic heterocycles. The van der Waals surface area contributed by atoms with Gasteiger partial charge in [-0.1, -0.05) is 6.58 Å². The molecule has 0 aromatic heterocycles. The van der Waals surface area contributed by atoms with Gasteiger partial charge in [0, 0.05) is 18.1 Å². The van der Waals surface area contributed by atoms with Crippen LogP contribution in [0.15, 0.2) is 24.8 Å².